The minimum absolute atomic E-state index is 0.0209. The van der Waals surface area contributed by atoms with E-state index >= 15 is 0 Å². The molecular weight excluding hydrogens is 358 g/mol. The van der Waals surface area contributed by atoms with Crippen LogP contribution in [0.25, 0.3) is 0 Å². The largest absolute Gasteiger partial charge is 0.445 e. The fraction of sp³-hybridized carbons (Fsp3) is 0.176. The molecule has 0 heterocycles. The van der Waals surface area contributed by atoms with E-state index in [9.17, 15) is 18.0 Å². The molecule has 0 saturated heterocycles. The van der Waals surface area contributed by atoms with Gasteiger partial charge in [0.05, 0.1) is 4.90 Å². The van der Waals surface area contributed by atoms with Crippen LogP contribution in [0.15, 0.2) is 65.6 Å². The van der Waals surface area contributed by atoms with Crippen molar-refractivity contribution < 1.29 is 22.7 Å². The smallest absolute Gasteiger partial charge is 0.409 e. The number of carbonyl (C=O) groups excluding carboxylic acids is 2. The first-order chi connectivity index (χ1) is 12.4. The molecule has 26 heavy (non-hydrogen) atoms. The van der Waals surface area contributed by atoms with E-state index < -0.39 is 28.2 Å². The summed E-state index contributed by atoms with van der Waals surface area (Å²) in [6.45, 7) is 0.0209. The Morgan fingerprint density at radius 3 is 2.15 bits per heavy atom. The second-order valence-electron chi connectivity index (χ2n) is 5.21. The molecule has 0 aliphatic heterocycles. The molecule has 0 radical (unpaired) electrons. The molecule has 0 fully saturated rings. The fourth-order valence-corrected chi connectivity index (χ4v) is 3.02. The molecule has 0 aliphatic rings. The van der Waals surface area contributed by atoms with Gasteiger partial charge in [-0.2, -0.15) is 0 Å². The molecule has 0 aromatic heterocycles. The van der Waals surface area contributed by atoms with Crippen LogP contribution in [0.5, 0.6) is 0 Å². The average Bonchev–Trinajstić information content (AvgIpc) is 2.65. The van der Waals surface area contributed by atoms with Crippen molar-refractivity contribution >= 4 is 22.0 Å². The van der Waals surface area contributed by atoms with Gasteiger partial charge in [0.15, 0.2) is 6.17 Å². The summed E-state index contributed by atoms with van der Waals surface area (Å²) in [7, 11) is -2.64. The minimum Gasteiger partial charge on any atom is -0.445 e. The highest BCUT2D eigenvalue weighted by molar-refractivity contribution is 7.90. The second-order valence-corrected chi connectivity index (χ2v) is 6.89. The lowest BCUT2D eigenvalue weighted by molar-refractivity contribution is -0.121. The summed E-state index contributed by atoms with van der Waals surface area (Å²) >= 11 is 0. The SMILES string of the molecule is CNC(NC(=O)OCc1ccccc1)C(=O)NS(=O)(=O)c1ccccc1. The van der Waals surface area contributed by atoms with E-state index in [1.54, 1.807) is 30.3 Å². The summed E-state index contributed by atoms with van der Waals surface area (Å²) in [5, 5.41) is 4.78. The predicted octanol–water partition coefficient (Wildman–Crippen LogP) is 0.963. The average molecular weight is 377 g/mol. The standard InChI is InChI=1S/C17H19N3O5S/c1-18-15(19-17(22)25-12-13-8-4-2-5-9-13)16(21)20-26(23,24)14-10-6-3-7-11-14/h2-11,15,18H,12H2,1H3,(H,19,22)(H,20,21). The summed E-state index contributed by atoms with van der Waals surface area (Å²) in [5.74, 6) is -0.937. The van der Waals surface area contributed by atoms with Gasteiger partial charge < -0.3 is 4.74 Å². The first-order valence-corrected chi connectivity index (χ1v) is 9.17. The molecule has 1 unspecified atom stereocenters. The first kappa shape index (κ1) is 19.4. The van der Waals surface area contributed by atoms with E-state index in [1.165, 1.54) is 31.3 Å². The molecule has 0 spiro atoms. The van der Waals surface area contributed by atoms with Crippen molar-refractivity contribution in [2.45, 2.75) is 17.7 Å². The molecule has 2 rings (SSSR count). The Bertz CT molecular complexity index is 841. The number of sulfonamides is 1. The molecule has 2 aromatic carbocycles. The maximum Gasteiger partial charge on any atom is 0.409 e. The van der Waals surface area contributed by atoms with Gasteiger partial charge in [0, 0.05) is 0 Å². The molecule has 2 aromatic rings. The van der Waals surface area contributed by atoms with E-state index in [0.29, 0.717) is 0 Å². The number of rotatable bonds is 7. The number of likely N-dealkylation sites (N-methyl/N-ethyl adjacent to an activating group) is 1. The first-order valence-electron chi connectivity index (χ1n) is 7.68. The highest BCUT2D eigenvalue weighted by atomic mass is 32.2. The zero-order valence-corrected chi connectivity index (χ0v) is 14.8. The van der Waals surface area contributed by atoms with Crippen LogP contribution in [0.3, 0.4) is 0 Å². The van der Waals surface area contributed by atoms with Crippen LogP contribution in [-0.4, -0.2) is 33.6 Å². The fourth-order valence-electron chi connectivity index (χ4n) is 2.00. The van der Waals surface area contributed by atoms with Crippen molar-refractivity contribution in [1.29, 1.82) is 0 Å². The van der Waals surface area contributed by atoms with Crippen LogP contribution >= 0.6 is 0 Å². The van der Waals surface area contributed by atoms with Crippen molar-refractivity contribution in [3.8, 4) is 0 Å². The molecule has 3 N–H and O–H groups in total. The van der Waals surface area contributed by atoms with E-state index in [4.69, 9.17) is 4.74 Å². The topological polar surface area (TPSA) is 114 Å². The Labute approximate surface area is 151 Å². The van der Waals surface area contributed by atoms with Gasteiger partial charge in [-0.25, -0.2) is 17.9 Å². The number of hydrogen-bond donors (Lipinski definition) is 3. The summed E-state index contributed by atoms with van der Waals surface area (Å²) in [4.78, 5) is 23.9. The maximum atomic E-state index is 12.2. The van der Waals surface area contributed by atoms with Gasteiger partial charge in [0.2, 0.25) is 0 Å². The van der Waals surface area contributed by atoms with E-state index in [1.807, 2.05) is 10.8 Å². The van der Waals surface area contributed by atoms with Crippen LogP contribution in [0.2, 0.25) is 0 Å². The Balaban J connectivity index is 1.92. The van der Waals surface area contributed by atoms with Gasteiger partial charge in [-0.3, -0.25) is 15.4 Å². The molecule has 9 heteroatoms. The summed E-state index contributed by atoms with van der Waals surface area (Å²) in [5.41, 5.74) is 0.778. The Kier molecular flexibility index (Phi) is 6.70. The number of ether oxygens (including phenoxy) is 1. The number of hydrogen-bond acceptors (Lipinski definition) is 6. The molecule has 138 valence electrons. The lowest BCUT2D eigenvalue weighted by Crippen LogP contribution is -2.54. The molecule has 0 saturated carbocycles. The van der Waals surface area contributed by atoms with Crippen molar-refractivity contribution in [2.24, 2.45) is 0 Å². The molecule has 0 bridgehead atoms. The number of benzene rings is 2. The zero-order chi connectivity index (χ0) is 19.0. The Morgan fingerprint density at radius 1 is 1.00 bits per heavy atom. The number of carbonyl (C=O) groups is 2. The quantitative estimate of drug-likeness (QED) is 0.620. The third-order valence-corrected chi connectivity index (χ3v) is 4.68. The lowest BCUT2D eigenvalue weighted by Gasteiger charge is -2.17. The van der Waals surface area contributed by atoms with Gasteiger partial charge in [-0.1, -0.05) is 48.5 Å². The molecule has 8 nitrogen and oxygen atoms in total. The third kappa shape index (κ3) is 5.57. The van der Waals surface area contributed by atoms with Crippen LogP contribution in [0.1, 0.15) is 5.56 Å². The van der Waals surface area contributed by atoms with E-state index in [-0.39, 0.29) is 11.5 Å². The van der Waals surface area contributed by atoms with Crippen LogP contribution < -0.4 is 15.4 Å². The lowest BCUT2D eigenvalue weighted by atomic mass is 10.2. The van der Waals surface area contributed by atoms with Crippen LogP contribution in [-0.2, 0) is 26.2 Å². The monoisotopic (exact) mass is 377 g/mol. The van der Waals surface area contributed by atoms with Crippen LogP contribution in [0.4, 0.5) is 4.79 Å². The van der Waals surface area contributed by atoms with Gasteiger partial charge in [-0.05, 0) is 24.7 Å². The molecule has 0 aliphatic carbocycles. The van der Waals surface area contributed by atoms with E-state index in [2.05, 4.69) is 10.6 Å². The van der Waals surface area contributed by atoms with Gasteiger partial charge in [0.25, 0.3) is 15.9 Å². The summed E-state index contributed by atoms with van der Waals surface area (Å²) in [6, 6.07) is 16.4. The van der Waals surface area contributed by atoms with E-state index in [0.717, 1.165) is 5.56 Å². The van der Waals surface area contributed by atoms with Gasteiger partial charge >= 0.3 is 6.09 Å². The van der Waals surface area contributed by atoms with Gasteiger partial charge in [-0.15, -0.1) is 0 Å². The highest BCUT2D eigenvalue weighted by Gasteiger charge is 2.25. The number of nitrogens with one attached hydrogen (secondary N) is 3. The number of amides is 2. The molecule has 2 amide bonds. The van der Waals surface area contributed by atoms with Crippen molar-refractivity contribution in [2.75, 3.05) is 7.05 Å². The maximum absolute atomic E-state index is 12.2. The highest BCUT2D eigenvalue weighted by Crippen LogP contribution is 2.07. The van der Waals surface area contributed by atoms with Gasteiger partial charge in [0.1, 0.15) is 6.61 Å². The van der Waals surface area contributed by atoms with Crippen molar-refractivity contribution in [1.82, 2.24) is 15.4 Å². The van der Waals surface area contributed by atoms with Crippen molar-refractivity contribution in [3.63, 3.8) is 0 Å². The second kappa shape index (κ2) is 8.97. The Morgan fingerprint density at radius 2 is 1.58 bits per heavy atom. The van der Waals surface area contributed by atoms with Crippen LogP contribution in [0, 0.1) is 0 Å². The minimum atomic E-state index is -4.04. The summed E-state index contributed by atoms with van der Waals surface area (Å²) in [6.07, 6.45) is -2.14. The third-order valence-electron chi connectivity index (χ3n) is 3.31. The number of alkyl carbamates (subject to hydrolysis) is 1. The van der Waals surface area contributed by atoms with Crippen molar-refractivity contribution in [3.05, 3.63) is 66.2 Å². The Hall–Kier alpha value is -2.91. The molecule has 1 atom stereocenters. The molecular formula is C17H19N3O5S. The summed E-state index contributed by atoms with van der Waals surface area (Å²) < 4.78 is 31.2. The normalized spacial score (nSPS) is 12.0. The predicted molar refractivity (Wildman–Crippen MR) is 94.4 cm³/mol. The zero-order valence-electron chi connectivity index (χ0n) is 14.0.